The Morgan fingerprint density at radius 1 is 0.393 bits per heavy atom. The third-order valence-corrected chi connectivity index (χ3v) is 12.8. The van der Waals surface area contributed by atoms with E-state index in [2.05, 4.69) is 214 Å². The highest BCUT2D eigenvalue weighted by molar-refractivity contribution is 6.13. The van der Waals surface area contributed by atoms with E-state index in [0.717, 1.165) is 38.9 Å². The van der Waals surface area contributed by atoms with Gasteiger partial charge in [0.25, 0.3) is 0 Å². The topological polar surface area (TPSA) is 47.1 Å². The fourth-order valence-corrected chi connectivity index (χ4v) is 10.0. The van der Waals surface area contributed by atoms with Gasteiger partial charge >= 0.3 is 0 Å². The second-order valence-corrected chi connectivity index (χ2v) is 16.2. The van der Waals surface area contributed by atoms with E-state index >= 15 is 0 Å². The van der Waals surface area contributed by atoms with E-state index in [4.69, 9.17) is 4.42 Å². The van der Waals surface area contributed by atoms with Gasteiger partial charge in [-0.1, -0.05) is 133 Å². The lowest BCUT2D eigenvalue weighted by molar-refractivity contribution is 0.503. The van der Waals surface area contributed by atoms with Crippen molar-refractivity contribution < 1.29 is 4.42 Å². The van der Waals surface area contributed by atoms with Gasteiger partial charge in [-0.15, -0.1) is 0 Å². The van der Waals surface area contributed by atoms with E-state index in [1.165, 1.54) is 71.6 Å². The summed E-state index contributed by atoms with van der Waals surface area (Å²) in [5, 5.41) is 15.0. The van der Waals surface area contributed by atoms with E-state index in [9.17, 15) is 0 Å². The first-order valence-corrected chi connectivity index (χ1v) is 21.0. The van der Waals surface area contributed by atoms with Gasteiger partial charge in [-0.2, -0.15) is 0 Å². The molecule has 1 aliphatic rings. The second-order valence-electron chi connectivity index (χ2n) is 16.2. The van der Waals surface area contributed by atoms with Crippen molar-refractivity contribution >= 4 is 71.2 Å². The maximum Gasteiger partial charge on any atom is 0.142 e. The quantitative estimate of drug-likeness (QED) is 0.183. The first-order chi connectivity index (χ1) is 30.2. The highest BCUT2D eigenvalue weighted by Crippen LogP contribution is 2.42. The number of aromatic nitrogens is 2. The molecule has 288 valence electrons. The minimum atomic E-state index is -0.154. The van der Waals surface area contributed by atoms with Crippen LogP contribution in [-0.4, -0.2) is 9.13 Å². The summed E-state index contributed by atoms with van der Waals surface area (Å²) in [6, 6.07) is 74.5. The predicted molar refractivity (Wildman–Crippen MR) is 252 cm³/mol. The standard InChI is InChI=1S/C56H38N4O/c1-2-13-38(14-3-1)59-49-22-9-5-15-40(49)46-33-36(27-31-51(46)59)37-28-32-52-47(34-37)41-16-6-10-23-50(41)60(52)39-29-25-35(26-30-39)54-44-18-4-8-21-48(44)57-56(58-54)45-20-12-19-43-42-17-7-11-24-53(42)61-55(43)45/h1-34,54,56-58H. The van der Waals surface area contributed by atoms with Crippen molar-refractivity contribution in [3.63, 3.8) is 0 Å². The predicted octanol–water partition coefficient (Wildman–Crippen LogP) is 14.3. The van der Waals surface area contributed by atoms with E-state index in [0.29, 0.717) is 0 Å². The normalized spacial score (nSPS) is 15.3. The molecule has 0 radical (unpaired) electrons. The summed E-state index contributed by atoms with van der Waals surface area (Å²) < 4.78 is 11.3. The molecule has 4 heterocycles. The first kappa shape index (κ1) is 34.0. The molecule has 13 rings (SSSR count). The van der Waals surface area contributed by atoms with Crippen LogP contribution in [0.15, 0.2) is 211 Å². The smallest absolute Gasteiger partial charge is 0.142 e. The minimum absolute atomic E-state index is 0.0316. The molecule has 12 aromatic rings. The minimum Gasteiger partial charge on any atom is -0.456 e. The van der Waals surface area contributed by atoms with Crippen LogP contribution in [0.2, 0.25) is 0 Å². The molecule has 5 nitrogen and oxygen atoms in total. The van der Waals surface area contributed by atoms with Crippen molar-refractivity contribution in [2.24, 2.45) is 0 Å². The Bertz CT molecular complexity index is 3670. The van der Waals surface area contributed by atoms with Crippen LogP contribution < -0.4 is 10.6 Å². The van der Waals surface area contributed by atoms with Crippen molar-refractivity contribution in [2.75, 3.05) is 5.32 Å². The fourth-order valence-electron chi connectivity index (χ4n) is 10.0. The first-order valence-electron chi connectivity index (χ1n) is 21.0. The zero-order chi connectivity index (χ0) is 40.0. The van der Waals surface area contributed by atoms with Gasteiger partial charge < -0.3 is 18.9 Å². The van der Waals surface area contributed by atoms with Gasteiger partial charge in [-0.05, 0) is 95.1 Å². The number of fused-ring (bicyclic) bond motifs is 10. The Morgan fingerprint density at radius 3 is 1.64 bits per heavy atom. The number of anilines is 1. The Morgan fingerprint density at radius 2 is 0.934 bits per heavy atom. The van der Waals surface area contributed by atoms with Gasteiger partial charge in [0.1, 0.15) is 17.3 Å². The Balaban J connectivity index is 0.884. The fraction of sp³-hybridized carbons (Fsp3) is 0.0357. The molecule has 3 aromatic heterocycles. The van der Waals surface area contributed by atoms with Gasteiger partial charge in [-0.25, -0.2) is 0 Å². The highest BCUT2D eigenvalue weighted by atomic mass is 16.3. The molecule has 2 N–H and O–H groups in total. The number of rotatable bonds is 5. The lowest BCUT2D eigenvalue weighted by Crippen LogP contribution is -2.37. The number of nitrogens with one attached hydrogen (secondary N) is 2. The van der Waals surface area contributed by atoms with Gasteiger partial charge in [0.15, 0.2) is 0 Å². The summed E-state index contributed by atoms with van der Waals surface area (Å²) in [4.78, 5) is 0. The molecule has 1 aliphatic heterocycles. The molecule has 0 amide bonds. The van der Waals surface area contributed by atoms with Gasteiger partial charge in [0, 0.05) is 54.9 Å². The molecule has 5 heteroatoms. The van der Waals surface area contributed by atoms with Crippen LogP contribution in [0.1, 0.15) is 28.9 Å². The van der Waals surface area contributed by atoms with Crippen LogP contribution in [0.25, 0.3) is 88.1 Å². The van der Waals surface area contributed by atoms with Crippen LogP contribution in [0.4, 0.5) is 5.69 Å². The number of hydrogen-bond donors (Lipinski definition) is 2. The van der Waals surface area contributed by atoms with E-state index in [-0.39, 0.29) is 12.2 Å². The lowest BCUT2D eigenvalue weighted by atomic mass is 9.93. The maximum atomic E-state index is 6.49. The van der Waals surface area contributed by atoms with Crippen LogP contribution in [0.5, 0.6) is 0 Å². The summed E-state index contributed by atoms with van der Waals surface area (Å²) in [7, 11) is 0. The molecule has 0 saturated carbocycles. The third-order valence-electron chi connectivity index (χ3n) is 12.8. The van der Waals surface area contributed by atoms with E-state index in [1.807, 2.05) is 12.1 Å². The Hall–Kier alpha value is -7.86. The molecule has 0 spiro atoms. The van der Waals surface area contributed by atoms with Crippen LogP contribution in [0, 0.1) is 0 Å². The van der Waals surface area contributed by atoms with Crippen molar-refractivity contribution in [3.8, 4) is 22.5 Å². The largest absolute Gasteiger partial charge is 0.456 e. The molecule has 0 bridgehead atoms. The molecule has 2 atom stereocenters. The average molecular weight is 783 g/mol. The number of para-hydroxylation sites is 6. The Labute approximate surface area is 351 Å². The molecule has 61 heavy (non-hydrogen) atoms. The highest BCUT2D eigenvalue weighted by Gasteiger charge is 2.30. The zero-order valence-electron chi connectivity index (χ0n) is 33.1. The van der Waals surface area contributed by atoms with E-state index < -0.39 is 0 Å². The van der Waals surface area contributed by atoms with Crippen molar-refractivity contribution in [3.05, 3.63) is 223 Å². The van der Waals surface area contributed by atoms with Crippen molar-refractivity contribution in [1.29, 1.82) is 0 Å². The Kier molecular flexibility index (Phi) is 7.44. The molecule has 2 unspecified atom stereocenters. The molecular formula is C56H38N4O. The van der Waals surface area contributed by atoms with Crippen LogP contribution >= 0.6 is 0 Å². The average Bonchev–Trinajstić information content (AvgIpc) is 3.99. The van der Waals surface area contributed by atoms with Crippen LogP contribution in [0.3, 0.4) is 0 Å². The summed E-state index contributed by atoms with van der Waals surface area (Å²) in [5.74, 6) is 0. The molecular weight excluding hydrogens is 745 g/mol. The maximum absolute atomic E-state index is 6.49. The molecule has 0 aliphatic carbocycles. The third kappa shape index (κ3) is 5.24. The molecule has 0 fully saturated rings. The van der Waals surface area contributed by atoms with Gasteiger partial charge in [0.2, 0.25) is 0 Å². The molecule has 0 saturated heterocycles. The lowest BCUT2D eigenvalue weighted by Gasteiger charge is -2.35. The second kappa shape index (κ2) is 13.3. The zero-order valence-corrected chi connectivity index (χ0v) is 33.1. The summed E-state index contributed by atoms with van der Waals surface area (Å²) >= 11 is 0. The number of nitrogens with zero attached hydrogens (tertiary/aromatic N) is 2. The van der Waals surface area contributed by atoms with Gasteiger partial charge in [-0.3, -0.25) is 5.32 Å². The SMILES string of the molecule is c1ccc(-n2c3ccccc3c3cc(-c4ccc5c(c4)c4ccccc4n5-c4ccc(C5NC(c6cccc7c6oc6ccccc67)Nc6ccccc65)cc4)ccc32)cc1. The van der Waals surface area contributed by atoms with Crippen molar-refractivity contribution in [2.45, 2.75) is 12.2 Å². The molecule has 9 aromatic carbocycles. The number of furan rings is 1. The summed E-state index contributed by atoms with van der Waals surface area (Å²) in [6.07, 6.45) is -0.154. The number of benzene rings is 9. The van der Waals surface area contributed by atoms with Crippen molar-refractivity contribution in [1.82, 2.24) is 14.5 Å². The van der Waals surface area contributed by atoms with E-state index in [1.54, 1.807) is 0 Å². The van der Waals surface area contributed by atoms with Gasteiger partial charge in [0.05, 0.1) is 28.1 Å². The summed E-state index contributed by atoms with van der Waals surface area (Å²) in [6.45, 7) is 0. The number of hydrogen-bond acceptors (Lipinski definition) is 3. The summed E-state index contributed by atoms with van der Waals surface area (Å²) in [5.41, 5.74) is 15.9. The van der Waals surface area contributed by atoms with Crippen LogP contribution in [-0.2, 0) is 0 Å². The monoisotopic (exact) mass is 782 g/mol.